The predicted molar refractivity (Wildman–Crippen MR) is 65.5 cm³/mol. The first kappa shape index (κ1) is 16.2. The summed E-state index contributed by atoms with van der Waals surface area (Å²) in [6.45, 7) is 0. The van der Waals surface area contributed by atoms with Crippen LogP contribution < -0.4 is 10.5 Å². The number of hydrogen-bond donors (Lipinski definition) is 1. The first-order valence-electron chi connectivity index (χ1n) is 5.93. The number of alkyl halides is 3. The predicted octanol–water partition coefficient (Wildman–Crippen LogP) is 4.05. The highest BCUT2D eigenvalue weighted by Crippen LogP contribution is 2.28. The van der Waals surface area contributed by atoms with Gasteiger partial charge in [0.1, 0.15) is 23.2 Å². The molecule has 118 valence electrons. The number of benzene rings is 2. The first-order chi connectivity index (χ1) is 10.2. The fraction of sp³-hybridized carbons (Fsp3) is 0.143. The van der Waals surface area contributed by atoms with Gasteiger partial charge in [-0.2, -0.15) is 0 Å². The number of nitrogens with two attached hydrogens (primary N) is 1. The second-order valence-electron chi connectivity index (χ2n) is 4.38. The molecule has 0 aliphatic carbocycles. The van der Waals surface area contributed by atoms with E-state index in [9.17, 15) is 26.3 Å². The number of hydrogen-bond acceptors (Lipinski definition) is 2. The molecular formula is C14H9F6NO. The van der Waals surface area contributed by atoms with Crippen LogP contribution >= 0.6 is 0 Å². The molecule has 2 aromatic rings. The van der Waals surface area contributed by atoms with Crippen LogP contribution in [0.25, 0.3) is 0 Å². The Morgan fingerprint density at radius 3 is 1.86 bits per heavy atom. The summed E-state index contributed by atoms with van der Waals surface area (Å²) in [5, 5.41) is 0. The molecule has 0 saturated carbocycles. The van der Waals surface area contributed by atoms with Gasteiger partial charge in [0, 0.05) is 17.7 Å². The van der Waals surface area contributed by atoms with Crippen LogP contribution in [0.4, 0.5) is 26.3 Å². The second kappa shape index (κ2) is 5.88. The largest absolute Gasteiger partial charge is 0.573 e. The van der Waals surface area contributed by atoms with E-state index in [1.54, 1.807) is 0 Å². The summed E-state index contributed by atoms with van der Waals surface area (Å²) in [6, 6.07) is 3.82. The van der Waals surface area contributed by atoms with Crippen LogP contribution in [-0.2, 0) is 0 Å². The van der Waals surface area contributed by atoms with Crippen molar-refractivity contribution >= 4 is 0 Å². The monoisotopic (exact) mass is 321 g/mol. The summed E-state index contributed by atoms with van der Waals surface area (Å²) in [5.74, 6) is -3.95. The molecule has 0 unspecified atom stereocenters. The van der Waals surface area contributed by atoms with Crippen molar-refractivity contribution < 1.29 is 31.1 Å². The van der Waals surface area contributed by atoms with Gasteiger partial charge in [-0.25, -0.2) is 13.2 Å². The van der Waals surface area contributed by atoms with Crippen molar-refractivity contribution in [1.82, 2.24) is 0 Å². The molecule has 8 heteroatoms. The van der Waals surface area contributed by atoms with E-state index < -0.39 is 41.2 Å². The standard InChI is InChI=1S/C14H9F6NO/c15-8-5-10(16)12(11(17)6-8)13(21)7-1-3-9(4-2-7)22-14(18,19)20/h1-6,13H,21H2/t13-/m1/s1. The average molecular weight is 321 g/mol. The molecule has 0 fully saturated rings. The van der Waals surface area contributed by atoms with Crippen molar-refractivity contribution in [2.45, 2.75) is 12.4 Å². The van der Waals surface area contributed by atoms with Gasteiger partial charge in [0.05, 0.1) is 6.04 Å². The van der Waals surface area contributed by atoms with Crippen LogP contribution in [0.3, 0.4) is 0 Å². The number of rotatable bonds is 3. The van der Waals surface area contributed by atoms with Crippen LogP contribution in [0.1, 0.15) is 17.2 Å². The molecule has 0 heterocycles. The van der Waals surface area contributed by atoms with Gasteiger partial charge >= 0.3 is 6.36 Å². The van der Waals surface area contributed by atoms with Crippen molar-refractivity contribution in [3.63, 3.8) is 0 Å². The topological polar surface area (TPSA) is 35.2 Å². The SMILES string of the molecule is N[C@H](c1ccc(OC(F)(F)F)cc1)c1c(F)cc(F)cc1F. The van der Waals surface area contributed by atoms with Crippen molar-refractivity contribution in [2.75, 3.05) is 0 Å². The van der Waals surface area contributed by atoms with E-state index in [0.717, 1.165) is 24.3 Å². The van der Waals surface area contributed by atoms with Crippen LogP contribution in [0.15, 0.2) is 36.4 Å². The fourth-order valence-corrected chi connectivity index (χ4v) is 1.89. The van der Waals surface area contributed by atoms with E-state index >= 15 is 0 Å². The van der Waals surface area contributed by atoms with Crippen molar-refractivity contribution in [2.24, 2.45) is 5.73 Å². The van der Waals surface area contributed by atoms with Crippen LogP contribution in [-0.4, -0.2) is 6.36 Å². The molecule has 0 saturated heterocycles. The lowest BCUT2D eigenvalue weighted by Crippen LogP contribution is -2.18. The summed E-state index contributed by atoms with van der Waals surface area (Å²) in [7, 11) is 0. The Morgan fingerprint density at radius 2 is 1.41 bits per heavy atom. The maximum absolute atomic E-state index is 13.6. The molecule has 0 aliphatic rings. The van der Waals surface area contributed by atoms with Gasteiger partial charge in [-0.05, 0) is 17.7 Å². The Hall–Kier alpha value is -2.22. The van der Waals surface area contributed by atoms with Gasteiger partial charge in [-0.1, -0.05) is 12.1 Å². The summed E-state index contributed by atoms with van der Waals surface area (Å²) < 4.78 is 79.8. The van der Waals surface area contributed by atoms with E-state index in [0.29, 0.717) is 12.1 Å². The maximum atomic E-state index is 13.6. The third-order valence-electron chi connectivity index (χ3n) is 2.83. The smallest absolute Gasteiger partial charge is 0.406 e. The van der Waals surface area contributed by atoms with E-state index in [1.807, 2.05) is 0 Å². The zero-order chi connectivity index (χ0) is 16.5. The highest BCUT2D eigenvalue weighted by atomic mass is 19.4. The first-order valence-corrected chi connectivity index (χ1v) is 5.93. The van der Waals surface area contributed by atoms with Crippen LogP contribution in [0.5, 0.6) is 5.75 Å². The Labute approximate surface area is 121 Å². The van der Waals surface area contributed by atoms with Crippen molar-refractivity contribution in [3.05, 3.63) is 65.0 Å². The third kappa shape index (κ3) is 3.70. The second-order valence-corrected chi connectivity index (χ2v) is 4.38. The Balaban J connectivity index is 2.29. The van der Waals surface area contributed by atoms with Gasteiger partial charge < -0.3 is 10.5 Å². The quantitative estimate of drug-likeness (QED) is 0.866. The fourth-order valence-electron chi connectivity index (χ4n) is 1.89. The zero-order valence-corrected chi connectivity index (χ0v) is 10.8. The highest BCUT2D eigenvalue weighted by molar-refractivity contribution is 5.36. The molecule has 0 bridgehead atoms. The van der Waals surface area contributed by atoms with Gasteiger partial charge in [0.2, 0.25) is 0 Å². The minimum atomic E-state index is -4.85. The van der Waals surface area contributed by atoms with Gasteiger partial charge in [-0.15, -0.1) is 13.2 Å². The molecule has 22 heavy (non-hydrogen) atoms. The lowest BCUT2D eigenvalue weighted by Gasteiger charge is -2.15. The summed E-state index contributed by atoms with van der Waals surface area (Å²) in [5.41, 5.74) is 5.24. The number of ether oxygens (including phenoxy) is 1. The van der Waals surface area contributed by atoms with E-state index in [2.05, 4.69) is 4.74 Å². The van der Waals surface area contributed by atoms with E-state index in [1.165, 1.54) is 0 Å². The minimum absolute atomic E-state index is 0.138. The maximum Gasteiger partial charge on any atom is 0.573 e. The Kier molecular flexibility index (Phi) is 4.32. The summed E-state index contributed by atoms with van der Waals surface area (Å²) in [4.78, 5) is 0. The molecule has 0 amide bonds. The molecule has 2 rings (SSSR count). The summed E-state index contributed by atoms with van der Waals surface area (Å²) >= 11 is 0. The normalized spacial score (nSPS) is 13.0. The molecule has 0 aromatic heterocycles. The van der Waals surface area contributed by atoms with E-state index in [-0.39, 0.29) is 5.56 Å². The summed E-state index contributed by atoms with van der Waals surface area (Å²) in [6.07, 6.45) is -4.85. The molecule has 2 aromatic carbocycles. The Bertz CT molecular complexity index is 645. The van der Waals surface area contributed by atoms with Crippen molar-refractivity contribution in [3.8, 4) is 5.75 Å². The molecule has 2 N–H and O–H groups in total. The zero-order valence-electron chi connectivity index (χ0n) is 10.8. The average Bonchev–Trinajstić information content (AvgIpc) is 2.36. The molecule has 0 spiro atoms. The van der Waals surface area contributed by atoms with Gasteiger partial charge in [0.15, 0.2) is 0 Å². The molecular weight excluding hydrogens is 312 g/mol. The van der Waals surface area contributed by atoms with Gasteiger partial charge in [0.25, 0.3) is 0 Å². The van der Waals surface area contributed by atoms with Crippen LogP contribution in [0, 0.1) is 17.5 Å². The molecule has 0 radical (unpaired) electrons. The lowest BCUT2D eigenvalue weighted by atomic mass is 9.98. The number of halogens is 6. The Morgan fingerprint density at radius 1 is 0.909 bits per heavy atom. The molecule has 1 atom stereocenters. The molecule has 0 aliphatic heterocycles. The highest BCUT2D eigenvalue weighted by Gasteiger charge is 2.31. The molecule has 2 nitrogen and oxygen atoms in total. The minimum Gasteiger partial charge on any atom is -0.406 e. The van der Waals surface area contributed by atoms with Crippen molar-refractivity contribution in [1.29, 1.82) is 0 Å². The third-order valence-corrected chi connectivity index (χ3v) is 2.83. The van der Waals surface area contributed by atoms with E-state index in [4.69, 9.17) is 5.73 Å². The van der Waals surface area contributed by atoms with Crippen LogP contribution in [0.2, 0.25) is 0 Å². The lowest BCUT2D eigenvalue weighted by molar-refractivity contribution is -0.274. The van der Waals surface area contributed by atoms with Gasteiger partial charge in [-0.3, -0.25) is 0 Å².